The van der Waals surface area contributed by atoms with Gasteiger partial charge in [-0.1, -0.05) is 0 Å². The number of methoxy groups -OCH3 is 1. The molecule has 0 aromatic heterocycles. The highest BCUT2D eigenvalue weighted by Gasteiger charge is 2.05. The third-order valence-corrected chi connectivity index (χ3v) is 3.19. The SMILES string of the molecule is COc1cc(OC#N)ccc1/C=C/C(=O)OCc1cc(N)cc(N)c1. The summed E-state index contributed by atoms with van der Waals surface area (Å²) in [6, 6.07) is 9.79. The van der Waals surface area contributed by atoms with E-state index < -0.39 is 5.97 Å². The van der Waals surface area contributed by atoms with Crippen molar-refractivity contribution in [1.82, 2.24) is 0 Å². The summed E-state index contributed by atoms with van der Waals surface area (Å²) in [5, 5.41) is 8.51. The van der Waals surface area contributed by atoms with Crippen LogP contribution in [0.25, 0.3) is 6.08 Å². The van der Waals surface area contributed by atoms with E-state index in [1.165, 1.54) is 13.2 Å². The van der Waals surface area contributed by atoms with Gasteiger partial charge in [-0.25, -0.2) is 4.79 Å². The smallest absolute Gasteiger partial charge is 0.331 e. The summed E-state index contributed by atoms with van der Waals surface area (Å²) in [5.41, 5.74) is 13.7. The van der Waals surface area contributed by atoms with Crippen molar-refractivity contribution in [1.29, 1.82) is 5.26 Å². The number of hydrogen-bond acceptors (Lipinski definition) is 7. The number of nitrogens with zero attached hydrogens (tertiary/aromatic N) is 1. The van der Waals surface area contributed by atoms with Gasteiger partial charge in [0.1, 0.15) is 18.1 Å². The Kier molecular flexibility index (Phi) is 5.85. The maximum atomic E-state index is 11.8. The monoisotopic (exact) mass is 339 g/mol. The third-order valence-electron chi connectivity index (χ3n) is 3.19. The van der Waals surface area contributed by atoms with E-state index in [9.17, 15) is 4.79 Å². The van der Waals surface area contributed by atoms with Gasteiger partial charge in [0.2, 0.25) is 0 Å². The van der Waals surface area contributed by atoms with Gasteiger partial charge in [0, 0.05) is 29.1 Å². The highest BCUT2D eigenvalue weighted by molar-refractivity contribution is 5.87. The second kappa shape index (κ2) is 8.26. The average molecular weight is 339 g/mol. The fourth-order valence-corrected chi connectivity index (χ4v) is 2.13. The first-order chi connectivity index (χ1) is 12.0. The van der Waals surface area contributed by atoms with Crippen molar-refractivity contribution in [3.63, 3.8) is 0 Å². The molecular formula is C18H17N3O4. The standard InChI is InChI=1S/C18H17N3O4/c1-23-17-9-16(25-11-19)4-2-13(17)3-5-18(22)24-10-12-6-14(20)8-15(21)7-12/h2-9H,10,20-21H2,1H3/b5-3+. The molecule has 0 aliphatic rings. The second-order valence-electron chi connectivity index (χ2n) is 5.05. The van der Waals surface area contributed by atoms with Crippen molar-refractivity contribution in [3.05, 3.63) is 53.6 Å². The fourth-order valence-electron chi connectivity index (χ4n) is 2.13. The van der Waals surface area contributed by atoms with E-state index in [0.717, 1.165) is 0 Å². The number of carbonyl (C=O) groups is 1. The summed E-state index contributed by atoms with van der Waals surface area (Å²) in [6.45, 7) is 0.0600. The molecule has 0 spiro atoms. The predicted octanol–water partition coefficient (Wildman–Crippen LogP) is 2.48. The molecule has 0 aliphatic heterocycles. The fraction of sp³-hybridized carbons (Fsp3) is 0.111. The second-order valence-corrected chi connectivity index (χ2v) is 5.05. The van der Waals surface area contributed by atoms with E-state index >= 15 is 0 Å². The largest absolute Gasteiger partial charge is 0.496 e. The van der Waals surface area contributed by atoms with Gasteiger partial charge in [-0.05, 0) is 42.0 Å². The van der Waals surface area contributed by atoms with E-state index in [-0.39, 0.29) is 6.61 Å². The molecule has 0 radical (unpaired) electrons. The van der Waals surface area contributed by atoms with Crippen LogP contribution in [0.3, 0.4) is 0 Å². The Morgan fingerprint density at radius 2 is 1.92 bits per heavy atom. The lowest BCUT2D eigenvalue weighted by Crippen LogP contribution is -2.02. The lowest BCUT2D eigenvalue weighted by molar-refractivity contribution is -0.138. The molecule has 0 amide bonds. The number of esters is 1. The lowest BCUT2D eigenvalue weighted by Gasteiger charge is -2.07. The number of rotatable bonds is 6. The Bertz CT molecular complexity index is 820. The first-order valence-electron chi connectivity index (χ1n) is 7.25. The summed E-state index contributed by atoms with van der Waals surface area (Å²) in [6.07, 6.45) is 4.40. The van der Waals surface area contributed by atoms with Crippen LogP contribution >= 0.6 is 0 Å². The zero-order chi connectivity index (χ0) is 18.2. The molecule has 4 N–H and O–H groups in total. The number of nitrogens with two attached hydrogens (primary N) is 2. The zero-order valence-corrected chi connectivity index (χ0v) is 13.6. The average Bonchev–Trinajstić information content (AvgIpc) is 2.58. The molecule has 7 nitrogen and oxygen atoms in total. The van der Waals surface area contributed by atoms with Crippen LogP contribution < -0.4 is 20.9 Å². The summed E-state index contributed by atoms with van der Waals surface area (Å²) in [7, 11) is 1.48. The molecule has 0 heterocycles. The van der Waals surface area contributed by atoms with Crippen LogP contribution in [0.15, 0.2) is 42.5 Å². The van der Waals surface area contributed by atoms with Crippen molar-refractivity contribution in [3.8, 4) is 17.8 Å². The van der Waals surface area contributed by atoms with Crippen molar-refractivity contribution >= 4 is 23.4 Å². The van der Waals surface area contributed by atoms with E-state index in [4.69, 9.17) is 30.9 Å². The molecule has 2 aromatic rings. The molecule has 0 unspecified atom stereocenters. The van der Waals surface area contributed by atoms with Gasteiger partial charge >= 0.3 is 5.97 Å². The minimum absolute atomic E-state index is 0.0600. The van der Waals surface area contributed by atoms with Crippen LogP contribution in [0.2, 0.25) is 0 Å². The van der Waals surface area contributed by atoms with E-state index in [1.54, 1.807) is 48.7 Å². The van der Waals surface area contributed by atoms with Gasteiger partial charge in [0.05, 0.1) is 7.11 Å². The normalized spacial score (nSPS) is 10.2. The molecule has 0 bridgehead atoms. The number of nitrogen functional groups attached to an aromatic ring is 2. The van der Waals surface area contributed by atoms with Crippen molar-refractivity contribution in [2.75, 3.05) is 18.6 Å². The predicted molar refractivity (Wildman–Crippen MR) is 93.3 cm³/mol. The minimum atomic E-state index is -0.527. The number of carbonyl (C=O) groups excluding carboxylic acids is 1. The van der Waals surface area contributed by atoms with Gasteiger partial charge in [-0.2, -0.15) is 0 Å². The van der Waals surface area contributed by atoms with Crippen LogP contribution in [0.5, 0.6) is 11.5 Å². The van der Waals surface area contributed by atoms with Gasteiger partial charge in [-0.15, -0.1) is 5.26 Å². The maximum absolute atomic E-state index is 11.8. The maximum Gasteiger partial charge on any atom is 0.331 e. The van der Waals surface area contributed by atoms with E-state index in [0.29, 0.717) is 34.0 Å². The highest BCUT2D eigenvalue weighted by atomic mass is 16.5. The number of nitriles is 1. The Morgan fingerprint density at radius 3 is 2.56 bits per heavy atom. The van der Waals surface area contributed by atoms with Crippen molar-refractivity contribution < 1.29 is 19.0 Å². The van der Waals surface area contributed by atoms with Gasteiger partial charge in [-0.3, -0.25) is 0 Å². The molecule has 0 saturated carbocycles. The summed E-state index contributed by atoms with van der Waals surface area (Å²) in [5.74, 6) is 0.277. The van der Waals surface area contributed by atoms with Crippen LogP contribution in [0, 0.1) is 11.5 Å². The van der Waals surface area contributed by atoms with E-state index in [1.807, 2.05) is 0 Å². The van der Waals surface area contributed by atoms with Gasteiger partial charge in [0.25, 0.3) is 6.26 Å². The Balaban J connectivity index is 2.01. The van der Waals surface area contributed by atoms with Crippen molar-refractivity contribution in [2.24, 2.45) is 0 Å². The molecule has 2 aromatic carbocycles. The number of hydrogen-bond donors (Lipinski definition) is 2. The zero-order valence-electron chi connectivity index (χ0n) is 13.6. The Labute approximate surface area is 145 Å². The summed E-state index contributed by atoms with van der Waals surface area (Å²) < 4.78 is 15.1. The molecular weight excluding hydrogens is 322 g/mol. The quantitative estimate of drug-likeness (QED) is 0.359. The first-order valence-corrected chi connectivity index (χ1v) is 7.25. The molecule has 0 atom stereocenters. The van der Waals surface area contributed by atoms with Crippen LogP contribution in [0.4, 0.5) is 11.4 Å². The molecule has 0 saturated heterocycles. The molecule has 2 rings (SSSR count). The molecule has 0 aliphatic carbocycles. The van der Waals surface area contributed by atoms with Gasteiger partial charge in [0.15, 0.2) is 0 Å². The van der Waals surface area contributed by atoms with Gasteiger partial charge < -0.3 is 25.7 Å². The van der Waals surface area contributed by atoms with Crippen LogP contribution in [-0.4, -0.2) is 13.1 Å². The molecule has 128 valence electrons. The van der Waals surface area contributed by atoms with Crippen molar-refractivity contribution in [2.45, 2.75) is 6.61 Å². The third kappa shape index (κ3) is 5.18. The molecule has 0 fully saturated rings. The highest BCUT2D eigenvalue weighted by Crippen LogP contribution is 2.25. The van der Waals surface area contributed by atoms with Crippen LogP contribution in [-0.2, 0) is 16.1 Å². The first kappa shape index (κ1) is 17.7. The number of anilines is 2. The Hall–Kier alpha value is -3.66. The molecule has 7 heteroatoms. The minimum Gasteiger partial charge on any atom is -0.496 e. The number of benzene rings is 2. The topological polar surface area (TPSA) is 121 Å². The number of ether oxygens (including phenoxy) is 3. The lowest BCUT2D eigenvalue weighted by atomic mass is 10.1. The summed E-state index contributed by atoms with van der Waals surface area (Å²) in [4.78, 5) is 11.8. The van der Waals surface area contributed by atoms with Crippen LogP contribution in [0.1, 0.15) is 11.1 Å². The molecule has 25 heavy (non-hydrogen) atoms. The Morgan fingerprint density at radius 1 is 1.20 bits per heavy atom. The summed E-state index contributed by atoms with van der Waals surface area (Å²) >= 11 is 0. The van der Waals surface area contributed by atoms with E-state index in [2.05, 4.69) is 0 Å².